The molecule has 2 aromatic carbocycles. The van der Waals surface area contributed by atoms with Gasteiger partial charge >= 0.3 is 0 Å². The molecule has 176 valence electrons. The van der Waals surface area contributed by atoms with E-state index in [0.717, 1.165) is 0 Å². The topological polar surface area (TPSA) is 102 Å². The van der Waals surface area contributed by atoms with Crippen molar-refractivity contribution in [3.05, 3.63) is 85.0 Å². The number of nitrogens with zero attached hydrogens (tertiary/aromatic N) is 5. The predicted molar refractivity (Wildman–Crippen MR) is 126 cm³/mol. The van der Waals surface area contributed by atoms with Crippen LogP contribution in [-0.2, 0) is 9.59 Å². The summed E-state index contributed by atoms with van der Waals surface area (Å²) in [5.41, 5.74) is 1.15. The van der Waals surface area contributed by atoms with Crippen LogP contribution in [0.5, 0.6) is 11.6 Å². The van der Waals surface area contributed by atoms with Crippen molar-refractivity contribution in [2.45, 2.75) is 13.3 Å². The van der Waals surface area contributed by atoms with E-state index in [1.54, 1.807) is 60.5 Å². The molecule has 3 heterocycles. The normalized spacial score (nSPS) is 15.3. The summed E-state index contributed by atoms with van der Waals surface area (Å²) in [5.74, 6) is 0.790. The number of aromatic nitrogens is 4. The highest BCUT2D eigenvalue weighted by Crippen LogP contribution is 2.27. The van der Waals surface area contributed by atoms with Gasteiger partial charge in [-0.3, -0.25) is 14.2 Å². The molecule has 1 atom stereocenters. The second kappa shape index (κ2) is 9.34. The van der Waals surface area contributed by atoms with E-state index in [2.05, 4.69) is 20.3 Å². The van der Waals surface area contributed by atoms with E-state index in [0.29, 0.717) is 34.6 Å². The number of benzene rings is 2. The molecule has 1 unspecified atom stereocenters. The maximum absolute atomic E-state index is 13.2. The van der Waals surface area contributed by atoms with Gasteiger partial charge < -0.3 is 15.0 Å². The third-order valence-corrected chi connectivity index (χ3v) is 5.55. The van der Waals surface area contributed by atoms with Gasteiger partial charge in [-0.25, -0.2) is 14.4 Å². The summed E-state index contributed by atoms with van der Waals surface area (Å²) in [6, 6.07) is 14.2. The lowest BCUT2D eigenvalue weighted by Crippen LogP contribution is -2.28. The van der Waals surface area contributed by atoms with Crippen molar-refractivity contribution in [3.8, 4) is 17.4 Å². The number of amides is 2. The van der Waals surface area contributed by atoms with Gasteiger partial charge in [0.25, 0.3) is 0 Å². The Hall–Kier alpha value is -4.60. The molecular weight excluding hydrogens is 451 g/mol. The zero-order valence-corrected chi connectivity index (χ0v) is 18.8. The zero-order valence-electron chi connectivity index (χ0n) is 18.8. The van der Waals surface area contributed by atoms with E-state index in [-0.39, 0.29) is 30.6 Å². The molecule has 35 heavy (non-hydrogen) atoms. The fraction of sp³-hybridized carbons (Fsp3) is 0.160. The molecule has 1 N–H and O–H groups in total. The Balaban J connectivity index is 1.22. The van der Waals surface area contributed by atoms with Crippen LogP contribution in [0.1, 0.15) is 12.2 Å². The summed E-state index contributed by atoms with van der Waals surface area (Å²) in [5, 5.41) is 2.84. The van der Waals surface area contributed by atoms with Gasteiger partial charge in [0.2, 0.25) is 17.7 Å². The van der Waals surface area contributed by atoms with Gasteiger partial charge in [-0.1, -0.05) is 0 Å². The number of hydrogen-bond acceptors (Lipinski definition) is 6. The molecule has 1 saturated heterocycles. The smallest absolute Gasteiger partial charge is 0.229 e. The number of aryl methyl sites for hydroxylation is 1. The van der Waals surface area contributed by atoms with Crippen LogP contribution in [0.2, 0.25) is 0 Å². The Bertz CT molecular complexity index is 1360. The molecule has 0 aliphatic carbocycles. The summed E-state index contributed by atoms with van der Waals surface area (Å²) in [6.45, 7) is 2.01. The quantitative estimate of drug-likeness (QED) is 0.457. The van der Waals surface area contributed by atoms with E-state index < -0.39 is 5.92 Å². The van der Waals surface area contributed by atoms with Crippen LogP contribution in [0.4, 0.5) is 15.8 Å². The Labute approximate surface area is 200 Å². The lowest BCUT2D eigenvalue weighted by atomic mass is 10.1. The van der Waals surface area contributed by atoms with Gasteiger partial charge in [0, 0.05) is 42.8 Å². The number of anilines is 2. The highest BCUT2D eigenvalue weighted by atomic mass is 19.1. The van der Waals surface area contributed by atoms with Crippen molar-refractivity contribution in [2.75, 3.05) is 16.8 Å². The van der Waals surface area contributed by atoms with Gasteiger partial charge in [0.1, 0.15) is 29.5 Å². The first-order valence-corrected chi connectivity index (χ1v) is 10.9. The maximum atomic E-state index is 13.2. The lowest BCUT2D eigenvalue weighted by Gasteiger charge is -2.16. The summed E-state index contributed by atoms with van der Waals surface area (Å²) < 4.78 is 20.8. The molecular formula is C25H21FN6O3. The molecule has 0 spiro atoms. The van der Waals surface area contributed by atoms with Crippen molar-refractivity contribution < 1.29 is 18.7 Å². The summed E-state index contributed by atoms with van der Waals surface area (Å²) in [6.07, 6.45) is 5.17. The minimum absolute atomic E-state index is 0.0940. The second-order valence-electron chi connectivity index (χ2n) is 8.08. The first-order valence-electron chi connectivity index (χ1n) is 10.9. The summed E-state index contributed by atoms with van der Waals surface area (Å²) in [4.78, 5) is 39.4. The summed E-state index contributed by atoms with van der Waals surface area (Å²) in [7, 11) is 0. The lowest BCUT2D eigenvalue weighted by molar-refractivity contribution is -0.122. The molecule has 1 aliphatic rings. The van der Waals surface area contributed by atoms with Gasteiger partial charge in [0.15, 0.2) is 0 Å². The van der Waals surface area contributed by atoms with Gasteiger partial charge in [-0.15, -0.1) is 0 Å². The molecule has 0 saturated carbocycles. The van der Waals surface area contributed by atoms with Crippen LogP contribution in [0.25, 0.3) is 5.82 Å². The number of ether oxygens (including phenoxy) is 1. The van der Waals surface area contributed by atoms with E-state index in [1.807, 2.05) is 0 Å². The number of nitrogens with one attached hydrogen (secondary N) is 1. The van der Waals surface area contributed by atoms with Crippen LogP contribution in [0.3, 0.4) is 0 Å². The SMILES string of the molecule is Cc1nc(Oc2ccc(NC(=O)C3CC(=O)N(c4ccc(F)cc4)C3)cc2)cc(-n2ccnc2)n1. The van der Waals surface area contributed by atoms with Crippen LogP contribution in [0, 0.1) is 18.7 Å². The van der Waals surface area contributed by atoms with Crippen molar-refractivity contribution in [3.63, 3.8) is 0 Å². The first kappa shape index (κ1) is 22.2. The standard InChI is InChI=1S/C25H21FN6O3/c1-16-28-22(31-11-10-27-15-31)13-23(29-16)35-21-8-4-19(5-9-21)30-25(34)17-12-24(33)32(14-17)20-6-2-18(26)3-7-20/h2-11,13,15,17H,12,14H2,1H3,(H,30,34). The number of halogens is 1. The number of carbonyl (C=O) groups is 2. The largest absolute Gasteiger partial charge is 0.439 e. The molecule has 5 rings (SSSR count). The van der Waals surface area contributed by atoms with Crippen molar-refractivity contribution in [2.24, 2.45) is 5.92 Å². The third-order valence-electron chi connectivity index (χ3n) is 5.55. The van der Waals surface area contributed by atoms with Crippen LogP contribution < -0.4 is 15.0 Å². The molecule has 0 bridgehead atoms. The zero-order chi connectivity index (χ0) is 24.4. The van der Waals surface area contributed by atoms with Crippen LogP contribution >= 0.6 is 0 Å². The Kier molecular flexibility index (Phi) is 5.92. The van der Waals surface area contributed by atoms with E-state index in [1.165, 1.54) is 29.2 Å². The fourth-order valence-corrected chi connectivity index (χ4v) is 3.83. The average Bonchev–Trinajstić information content (AvgIpc) is 3.51. The molecule has 2 amide bonds. The Morgan fingerprint density at radius 2 is 1.89 bits per heavy atom. The number of rotatable bonds is 6. The highest BCUT2D eigenvalue weighted by Gasteiger charge is 2.35. The number of hydrogen-bond donors (Lipinski definition) is 1. The Morgan fingerprint density at radius 3 is 2.60 bits per heavy atom. The molecule has 0 radical (unpaired) electrons. The van der Waals surface area contributed by atoms with Gasteiger partial charge in [-0.2, -0.15) is 4.98 Å². The predicted octanol–water partition coefficient (Wildman–Crippen LogP) is 3.89. The first-order chi connectivity index (χ1) is 16.9. The Morgan fingerprint density at radius 1 is 1.11 bits per heavy atom. The van der Waals surface area contributed by atoms with E-state index in [9.17, 15) is 14.0 Å². The molecule has 4 aromatic rings. The van der Waals surface area contributed by atoms with E-state index >= 15 is 0 Å². The minimum Gasteiger partial charge on any atom is -0.439 e. The molecule has 1 fully saturated rings. The molecule has 1 aliphatic heterocycles. The van der Waals surface area contributed by atoms with Gasteiger partial charge in [0.05, 0.1) is 5.92 Å². The fourth-order valence-electron chi connectivity index (χ4n) is 3.83. The van der Waals surface area contributed by atoms with Crippen molar-refractivity contribution in [1.29, 1.82) is 0 Å². The minimum atomic E-state index is -0.505. The van der Waals surface area contributed by atoms with Crippen molar-refractivity contribution in [1.82, 2.24) is 19.5 Å². The second-order valence-corrected chi connectivity index (χ2v) is 8.08. The number of imidazole rings is 1. The summed E-state index contributed by atoms with van der Waals surface area (Å²) >= 11 is 0. The number of carbonyl (C=O) groups excluding carboxylic acids is 2. The monoisotopic (exact) mass is 472 g/mol. The molecule has 10 heteroatoms. The third kappa shape index (κ3) is 5.01. The highest BCUT2D eigenvalue weighted by molar-refractivity contribution is 6.03. The van der Waals surface area contributed by atoms with Crippen molar-refractivity contribution >= 4 is 23.2 Å². The molecule has 2 aromatic heterocycles. The molecule has 9 nitrogen and oxygen atoms in total. The van der Waals surface area contributed by atoms with Crippen LogP contribution in [-0.4, -0.2) is 37.9 Å². The van der Waals surface area contributed by atoms with E-state index in [4.69, 9.17) is 4.74 Å². The van der Waals surface area contributed by atoms with Crippen LogP contribution in [0.15, 0.2) is 73.3 Å². The average molecular weight is 472 g/mol. The van der Waals surface area contributed by atoms with Gasteiger partial charge in [-0.05, 0) is 55.5 Å². The maximum Gasteiger partial charge on any atom is 0.229 e.